The third-order valence-electron chi connectivity index (χ3n) is 4.89. The molecule has 0 bridgehead atoms. The van der Waals surface area contributed by atoms with Crippen molar-refractivity contribution < 1.29 is 4.79 Å². The quantitative estimate of drug-likeness (QED) is 0.622. The Kier molecular flexibility index (Phi) is 6.01. The van der Waals surface area contributed by atoms with Gasteiger partial charge in [0.15, 0.2) is 10.9 Å². The van der Waals surface area contributed by atoms with Crippen LogP contribution in [0.2, 0.25) is 0 Å². The first-order chi connectivity index (χ1) is 12.5. The second kappa shape index (κ2) is 8.43. The van der Waals surface area contributed by atoms with Crippen molar-refractivity contribution in [1.82, 2.24) is 4.90 Å². The average molecular weight is 368 g/mol. The van der Waals surface area contributed by atoms with E-state index < -0.39 is 0 Å². The molecule has 1 saturated heterocycles. The lowest BCUT2D eigenvalue weighted by Crippen LogP contribution is -2.33. The van der Waals surface area contributed by atoms with Crippen molar-refractivity contribution in [1.29, 1.82) is 0 Å². The molecule has 0 radical (unpaired) electrons. The van der Waals surface area contributed by atoms with E-state index in [0.29, 0.717) is 5.11 Å². The Morgan fingerprint density at radius 3 is 2.54 bits per heavy atom. The first-order valence-corrected chi connectivity index (χ1v) is 9.40. The fourth-order valence-electron chi connectivity index (χ4n) is 3.25. The smallest absolute Gasteiger partial charge is 0.175 e. The summed E-state index contributed by atoms with van der Waals surface area (Å²) < 4.78 is 0. The highest BCUT2D eigenvalue weighted by molar-refractivity contribution is 7.80. The lowest BCUT2D eigenvalue weighted by atomic mass is 9.89. The van der Waals surface area contributed by atoms with Gasteiger partial charge >= 0.3 is 0 Å². The molecule has 0 atom stereocenters. The van der Waals surface area contributed by atoms with Crippen molar-refractivity contribution in [3.05, 3.63) is 59.7 Å². The topological polar surface area (TPSA) is 44.4 Å². The molecule has 5 heteroatoms. The molecule has 0 saturated carbocycles. The van der Waals surface area contributed by atoms with Crippen LogP contribution >= 0.6 is 12.2 Å². The minimum absolute atomic E-state index is 0.124. The number of para-hydroxylation sites is 1. The van der Waals surface area contributed by atoms with Crippen LogP contribution < -0.4 is 10.6 Å². The molecule has 0 aliphatic carbocycles. The van der Waals surface area contributed by atoms with Gasteiger partial charge in [0.2, 0.25) is 0 Å². The van der Waals surface area contributed by atoms with Crippen LogP contribution in [0.25, 0.3) is 0 Å². The Bertz CT molecular complexity index is 797. The summed E-state index contributed by atoms with van der Waals surface area (Å²) >= 11 is 5.41. The van der Waals surface area contributed by atoms with Crippen molar-refractivity contribution in [2.75, 3.05) is 30.8 Å². The molecule has 136 valence electrons. The first kappa shape index (κ1) is 18.5. The van der Waals surface area contributed by atoms with Gasteiger partial charge in [-0.25, -0.2) is 0 Å². The Hall–Kier alpha value is -2.24. The molecule has 0 amide bonds. The van der Waals surface area contributed by atoms with Crippen LogP contribution in [0, 0.1) is 12.8 Å². The maximum Gasteiger partial charge on any atom is 0.175 e. The highest BCUT2D eigenvalue weighted by Gasteiger charge is 2.24. The van der Waals surface area contributed by atoms with E-state index in [0.717, 1.165) is 48.4 Å². The number of rotatable bonds is 4. The largest absolute Gasteiger partial charge is 0.332 e. The molecule has 2 aromatic rings. The van der Waals surface area contributed by atoms with E-state index in [-0.39, 0.29) is 11.7 Å². The fraction of sp³-hybridized carbons (Fsp3) is 0.333. The van der Waals surface area contributed by atoms with Gasteiger partial charge in [-0.3, -0.25) is 4.79 Å². The van der Waals surface area contributed by atoms with Gasteiger partial charge in [-0.2, -0.15) is 0 Å². The number of hydrogen-bond donors (Lipinski definition) is 2. The number of nitrogens with zero attached hydrogens (tertiary/aromatic N) is 1. The number of carbonyl (C=O) groups excluding carboxylic acids is 1. The van der Waals surface area contributed by atoms with Crippen molar-refractivity contribution >= 4 is 34.5 Å². The minimum Gasteiger partial charge on any atom is -0.332 e. The van der Waals surface area contributed by atoms with Crippen molar-refractivity contribution in [2.45, 2.75) is 19.8 Å². The number of anilines is 2. The van der Waals surface area contributed by atoms with Crippen molar-refractivity contribution in [3.63, 3.8) is 0 Å². The second-order valence-corrected chi connectivity index (χ2v) is 7.32. The molecule has 26 heavy (non-hydrogen) atoms. The van der Waals surface area contributed by atoms with E-state index in [1.165, 1.54) is 0 Å². The van der Waals surface area contributed by atoms with Crippen molar-refractivity contribution in [2.24, 2.45) is 5.92 Å². The Labute approximate surface area is 160 Å². The molecular weight excluding hydrogens is 342 g/mol. The van der Waals surface area contributed by atoms with Gasteiger partial charge in [0, 0.05) is 22.9 Å². The molecule has 1 heterocycles. The number of carbonyl (C=O) groups is 1. The molecule has 1 fully saturated rings. The lowest BCUT2D eigenvalue weighted by Gasteiger charge is -2.28. The third-order valence-corrected chi connectivity index (χ3v) is 5.09. The lowest BCUT2D eigenvalue weighted by molar-refractivity contribution is 0.0857. The zero-order valence-electron chi connectivity index (χ0n) is 15.3. The average Bonchev–Trinajstić information content (AvgIpc) is 2.64. The maximum absolute atomic E-state index is 12.8. The van der Waals surface area contributed by atoms with Gasteiger partial charge in [0.25, 0.3) is 0 Å². The maximum atomic E-state index is 12.8. The van der Waals surface area contributed by atoms with Crippen LogP contribution in [0.15, 0.2) is 48.5 Å². The molecule has 0 spiro atoms. The molecule has 1 aliphatic rings. The molecule has 4 nitrogen and oxygen atoms in total. The van der Waals surface area contributed by atoms with E-state index in [4.69, 9.17) is 12.2 Å². The normalized spacial score (nSPS) is 15.5. The van der Waals surface area contributed by atoms with Crippen molar-refractivity contribution in [3.8, 4) is 0 Å². The van der Waals surface area contributed by atoms with Gasteiger partial charge in [0.05, 0.1) is 0 Å². The third kappa shape index (κ3) is 4.68. The van der Waals surface area contributed by atoms with E-state index >= 15 is 0 Å². The predicted octanol–water partition coefficient (Wildman–Crippen LogP) is 4.33. The number of Topliss-reactive ketones (excluding diaryl/α,β-unsaturated/α-hetero) is 1. The number of likely N-dealkylation sites (tertiary alicyclic amines) is 1. The van der Waals surface area contributed by atoms with E-state index in [9.17, 15) is 4.79 Å². The summed E-state index contributed by atoms with van der Waals surface area (Å²) in [5.41, 5.74) is 3.68. The predicted molar refractivity (Wildman–Crippen MR) is 112 cm³/mol. The Morgan fingerprint density at radius 1 is 1.08 bits per heavy atom. The zero-order valence-corrected chi connectivity index (χ0v) is 16.1. The SMILES string of the molecule is Cc1ccccc1NC(=S)Nc1cccc(C(=O)C2CCN(C)CC2)c1. The summed E-state index contributed by atoms with van der Waals surface area (Å²) in [5.74, 6) is 0.359. The summed E-state index contributed by atoms with van der Waals surface area (Å²) in [6.07, 6.45) is 1.86. The van der Waals surface area contributed by atoms with Crippen LogP contribution in [0.3, 0.4) is 0 Å². The van der Waals surface area contributed by atoms with E-state index in [1.54, 1.807) is 0 Å². The number of nitrogens with one attached hydrogen (secondary N) is 2. The number of aryl methyl sites for hydroxylation is 1. The van der Waals surface area contributed by atoms with Gasteiger partial charge in [-0.05, 0) is 75.9 Å². The summed E-state index contributed by atoms with van der Waals surface area (Å²) in [7, 11) is 2.10. The number of hydrogen-bond acceptors (Lipinski definition) is 3. The highest BCUT2D eigenvalue weighted by Crippen LogP contribution is 2.23. The van der Waals surface area contributed by atoms with Crippen LogP contribution in [0.4, 0.5) is 11.4 Å². The monoisotopic (exact) mass is 367 g/mol. The van der Waals surface area contributed by atoms with Crippen LogP contribution in [0.1, 0.15) is 28.8 Å². The molecule has 2 aromatic carbocycles. The Balaban J connectivity index is 1.64. The van der Waals surface area contributed by atoms with Gasteiger partial charge in [-0.1, -0.05) is 30.3 Å². The zero-order chi connectivity index (χ0) is 18.5. The molecule has 2 N–H and O–H groups in total. The number of thiocarbonyl (C=S) groups is 1. The van der Waals surface area contributed by atoms with Crippen LogP contribution in [-0.2, 0) is 0 Å². The molecular formula is C21H25N3OS. The summed E-state index contributed by atoms with van der Waals surface area (Å²) in [6, 6.07) is 15.6. The number of piperidine rings is 1. The highest BCUT2D eigenvalue weighted by atomic mass is 32.1. The minimum atomic E-state index is 0.124. The summed E-state index contributed by atoms with van der Waals surface area (Å²) in [6.45, 7) is 4.00. The van der Waals surface area contributed by atoms with Gasteiger partial charge in [0.1, 0.15) is 0 Å². The standard InChI is InChI=1S/C21H25N3OS/c1-15-6-3-4-9-19(15)23-21(26)22-18-8-5-7-17(14-18)20(25)16-10-12-24(2)13-11-16/h3-9,14,16H,10-13H2,1-2H3,(H2,22,23,26). The van der Waals surface area contributed by atoms with E-state index in [1.807, 2.05) is 55.5 Å². The number of benzene rings is 2. The van der Waals surface area contributed by atoms with Crippen LogP contribution in [-0.4, -0.2) is 35.9 Å². The molecule has 1 aliphatic heterocycles. The first-order valence-electron chi connectivity index (χ1n) is 8.99. The van der Waals surface area contributed by atoms with E-state index in [2.05, 4.69) is 22.6 Å². The van der Waals surface area contributed by atoms with Gasteiger partial charge < -0.3 is 15.5 Å². The fourth-order valence-corrected chi connectivity index (χ4v) is 3.48. The molecule has 0 unspecified atom stereocenters. The summed E-state index contributed by atoms with van der Waals surface area (Å²) in [4.78, 5) is 15.1. The van der Waals surface area contributed by atoms with Gasteiger partial charge in [-0.15, -0.1) is 0 Å². The summed E-state index contributed by atoms with van der Waals surface area (Å²) in [5, 5.41) is 6.91. The second-order valence-electron chi connectivity index (χ2n) is 6.92. The van der Waals surface area contributed by atoms with Crippen LogP contribution in [0.5, 0.6) is 0 Å². The Morgan fingerprint density at radius 2 is 1.81 bits per heavy atom. The molecule has 3 rings (SSSR count). The number of ketones is 1. The molecule has 0 aromatic heterocycles.